The van der Waals surface area contributed by atoms with Crippen molar-refractivity contribution in [2.75, 3.05) is 13.7 Å². The van der Waals surface area contributed by atoms with Gasteiger partial charge in [0.05, 0.1) is 13.0 Å². The average molecular weight is 328 g/mol. The van der Waals surface area contributed by atoms with Gasteiger partial charge in [-0.25, -0.2) is 0 Å². The number of fused-ring (bicyclic) bond motifs is 1. The molecule has 1 aliphatic heterocycles. The number of methoxy groups -OCH3 is 1. The van der Waals surface area contributed by atoms with Crippen molar-refractivity contribution in [3.8, 4) is 11.5 Å². The Morgan fingerprint density at radius 1 is 1.35 bits per heavy atom. The minimum absolute atomic E-state index is 0.0826. The first kappa shape index (κ1) is 14.3. The van der Waals surface area contributed by atoms with Gasteiger partial charge in [-0.15, -0.1) is 11.3 Å². The van der Waals surface area contributed by atoms with Gasteiger partial charge in [-0.1, -0.05) is 11.2 Å². The Labute approximate surface area is 137 Å². The first-order valence-electron chi connectivity index (χ1n) is 7.46. The third-order valence-corrected chi connectivity index (χ3v) is 4.80. The summed E-state index contributed by atoms with van der Waals surface area (Å²) in [6.07, 6.45) is 1.52. The second kappa shape index (κ2) is 6.04. The molecule has 3 heterocycles. The van der Waals surface area contributed by atoms with Crippen LogP contribution in [0.15, 0.2) is 40.2 Å². The third-order valence-electron chi connectivity index (χ3n) is 3.92. The maximum Gasteiger partial charge on any atom is 0.233 e. The molecule has 4 rings (SSSR count). The van der Waals surface area contributed by atoms with Crippen LogP contribution in [-0.4, -0.2) is 23.9 Å². The molecular weight excluding hydrogens is 312 g/mol. The Kier molecular flexibility index (Phi) is 3.75. The first-order valence-corrected chi connectivity index (χ1v) is 8.34. The van der Waals surface area contributed by atoms with Crippen molar-refractivity contribution in [2.24, 2.45) is 0 Å². The average Bonchev–Trinajstić information content (AvgIpc) is 3.26. The molecule has 0 saturated heterocycles. The molecule has 0 bridgehead atoms. The summed E-state index contributed by atoms with van der Waals surface area (Å²) >= 11 is 1.70. The van der Waals surface area contributed by atoms with Crippen molar-refractivity contribution in [1.82, 2.24) is 10.1 Å². The molecule has 0 unspecified atom stereocenters. The SMILES string of the molecule is COc1ccc2c(c1)C[C@H](c1nc(Cc3cccs3)no1)CO2. The second-order valence-electron chi connectivity index (χ2n) is 5.49. The molecule has 5 nitrogen and oxygen atoms in total. The van der Waals surface area contributed by atoms with E-state index in [4.69, 9.17) is 14.0 Å². The van der Waals surface area contributed by atoms with Crippen molar-refractivity contribution >= 4 is 11.3 Å². The number of ether oxygens (including phenoxy) is 2. The molecule has 118 valence electrons. The molecular formula is C17H16N2O3S. The number of hydrogen-bond donors (Lipinski definition) is 0. The van der Waals surface area contributed by atoms with E-state index in [1.54, 1.807) is 18.4 Å². The standard InChI is InChI=1S/C17H16N2O3S/c1-20-13-4-5-15-11(8-13)7-12(10-21-15)17-18-16(19-22-17)9-14-3-2-6-23-14/h2-6,8,12H,7,9-10H2,1H3/t12-/m0/s1. The lowest BCUT2D eigenvalue weighted by atomic mass is 9.96. The Morgan fingerprint density at radius 3 is 3.13 bits per heavy atom. The van der Waals surface area contributed by atoms with Crippen LogP contribution in [0.4, 0.5) is 0 Å². The second-order valence-corrected chi connectivity index (χ2v) is 6.52. The summed E-state index contributed by atoms with van der Waals surface area (Å²) in [7, 11) is 1.66. The van der Waals surface area contributed by atoms with Crippen molar-refractivity contribution in [1.29, 1.82) is 0 Å². The van der Waals surface area contributed by atoms with E-state index in [-0.39, 0.29) is 5.92 Å². The van der Waals surface area contributed by atoms with Crippen LogP contribution in [0.3, 0.4) is 0 Å². The van der Waals surface area contributed by atoms with Gasteiger partial charge >= 0.3 is 0 Å². The lowest BCUT2D eigenvalue weighted by molar-refractivity contribution is 0.229. The van der Waals surface area contributed by atoms with Gasteiger partial charge in [0.2, 0.25) is 5.89 Å². The summed E-state index contributed by atoms with van der Waals surface area (Å²) in [6, 6.07) is 9.96. The topological polar surface area (TPSA) is 57.4 Å². The van der Waals surface area contributed by atoms with Crippen LogP contribution in [0.5, 0.6) is 11.5 Å². The highest BCUT2D eigenvalue weighted by atomic mass is 32.1. The zero-order valence-electron chi connectivity index (χ0n) is 12.7. The fraction of sp³-hybridized carbons (Fsp3) is 0.294. The quantitative estimate of drug-likeness (QED) is 0.734. The summed E-state index contributed by atoms with van der Waals surface area (Å²) in [5.74, 6) is 3.18. The summed E-state index contributed by atoms with van der Waals surface area (Å²) in [4.78, 5) is 5.77. The largest absolute Gasteiger partial charge is 0.497 e. The van der Waals surface area contributed by atoms with Gasteiger partial charge in [0.1, 0.15) is 18.1 Å². The van der Waals surface area contributed by atoms with Crippen LogP contribution in [0.25, 0.3) is 0 Å². The molecule has 0 saturated carbocycles. The number of aromatic nitrogens is 2. The Hall–Kier alpha value is -2.34. The van der Waals surface area contributed by atoms with Gasteiger partial charge in [0.25, 0.3) is 0 Å². The van der Waals surface area contributed by atoms with Crippen LogP contribution < -0.4 is 9.47 Å². The number of thiophene rings is 1. The molecule has 0 amide bonds. The maximum atomic E-state index is 5.82. The molecule has 0 radical (unpaired) electrons. The van der Waals surface area contributed by atoms with E-state index in [1.165, 1.54) is 4.88 Å². The maximum absolute atomic E-state index is 5.82. The molecule has 2 aromatic heterocycles. The number of hydrogen-bond acceptors (Lipinski definition) is 6. The minimum Gasteiger partial charge on any atom is -0.497 e. The van der Waals surface area contributed by atoms with Crippen LogP contribution in [0.1, 0.15) is 28.1 Å². The van der Waals surface area contributed by atoms with E-state index in [0.717, 1.165) is 29.3 Å². The van der Waals surface area contributed by atoms with E-state index < -0.39 is 0 Å². The summed E-state index contributed by atoms with van der Waals surface area (Å²) < 4.78 is 16.6. The molecule has 0 fully saturated rings. The molecule has 6 heteroatoms. The molecule has 1 aromatic carbocycles. The fourth-order valence-corrected chi connectivity index (χ4v) is 3.43. The molecule has 0 spiro atoms. The number of nitrogens with zero attached hydrogens (tertiary/aromatic N) is 2. The van der Waals surface area contributed by atoms with E-state index in [0.29, 0.717) is 18.9 Å². The predicted molar refractivity (Wildman–Crippen MR) is 86.4 cm³/mol. The van der Waals surface area contributed by atoms with E-state index in [1.807, 2.05) is 24.3 Å². The molecule has 0 N–H and O–H groups in total. The van der Waals surface area contributed by atoms with Crippen molar-refractivity contribution in [2.45, 2.75) is 18.8 Å². The molecule has 1 atom stereocenters. The number of benzene rings is 1. The third kappa shape index (κ3) is 2.94. The smallest absolute Gasteiger partial charge is 0.233 e. The predicted octanol–water partition coefficient (Wildman–Crippen LogP) is 3.45. The molecule has 23 heavy (non-hydrogen) atoms. The van der Waals surface area contributed by atoms with Gasteiger partial charge < -0.3 is 14.0 Å². The Balaban J connectivity index is 1.51. The van der Waals surface area contributed by atoms with Gasteiger partial charge in [0.15, 0.2) is 5.82 Å². The van der Waals surface area contributed by atoms with Crippen molar-refractivity contribution in [3.05, 3.63) is 57.9 Å². The highest BCUT2D eigenvalue weighted by Crippen LogP contribution is 2.34. The summed E-state index contributed by atoms with van der Waals surface area (Å²) in [5, 5.41) is 6.15. The summed E-state index contributed by atoms with van der Waals surface area (Å²) in [5.41, 5.74) is 1.11. The Morgan fingerprint density at radius 2 is 2.30 bits per heavy atom. The number of rotatable bonds is 4. The first-order chi connectivity index (χ1) is 11.3. The highest BCUT2D eigenvalue weighted by Gasteiger charge is 2.26. The van der Waals surface area contributed by atoms with Crippen LogP contribution in [0, 0.1) is 0 Å². The summed E-state index contributed by atoms with van der Waals surface area (Å²) in [6.45, 7) is 0.556. The van der Waals surface area contributed by atoms with Crippen LogP contribution >= 0.6 is 11.3 Å². The normalized spacial score (nSPS) is 16.7. The highest BCUT2D eigenvalue weighted by molar-refractivity contribution is 7.09. The van der Waals surface area contributed by atoms with Gasteiger partial charge in [-0.3, -0.25) is 0 Å². The van der Waals surface area contributed by atoms with Gasteiger partial charge in [0, 0.05) is 11.3 Å². The van der Waals surface area contributed by atoms with Crippen molar-refractivity contribution < 1.29 is 14.0 Å². The lowest BCUT2D eigenvalue weighted by Gasteiger charge is -2.23. The molecule has 3 aromatic rings. The van der Waals surface area contributed by atoms with E-state index in [9.17, 15) is 0 Å². The van der Waals surface area contributed by atoms with Crippen molar-refractivity contribution in [3.63, 3.8) is 0 Å². The molecule has 1 aliphatic rings. The lowest BCUT2D eigenvalue weighted by Crippen LogP contribution is -2.19. The fourth-order valence-electron chi connectivity index (χ4n) is 2.73. The van der Waals surface area contributed by atoms with Crippen LogP contribution in [-0.2, 0) is 12.8 Å². The van der Waals surface area contributed by atoms with Gasteiger partial charge in [-0.05, 0) is 41.6 Å². The van der Waals surface area contributed by atoms with E-state index >= 15 is 0 Å². The van der Waals surface area contributed by atoms with Crippen LogP contribution in [0.2, 0.25) is 0 Å². The minimum atomic E-state index is 0.0826. The zero-order valence-corrected chi connectivity index (χ0v) is 13.5. The zero-order chi connectivity index (χ0) is 15.6. The Bertz CT molecular complexity index is 798. The monoisotopic (exact) mass is 328 g/mol. The molecule has 0 aliphatic carbocycles. The van der Waals surface area contributed by atoms with E-state index in [2.05, 4.69) is 21.6 Å². The van der Waals surface area contributed by atoms with Gasteiger partial charge in [-0.2, -0.15) is 4.98 Å².